The van der Waals surface area contributed by atoms with Crippen molar-refractivity contribution >= 4 is 25.7 Å². The maximum atomic E-state index is 6.35. The second-order valence-corrected chi connectivity index (χ2v) is 17.7. The van der Waals surface area contributed by atoms with Crippen molar-refractivity contribution in [2.24, 2.45) is 0 Å². The number of hydrogen-bond acceptors (Lipinski definition) is 6. The maximum Gasteiger partial charge on any atom is 0.323 e. The van der Waals surface area contributed by atoms with Gasteiger partial charge in [-0.15, -0.1) is 0 Å². The van der Waals surface area contributed by atoms with Crippen LogP contribution in [0.3, 0.4) is 0 Å². The van der Waals surface area contributed by atoms with Crippen molar-refractivity contribution in [1.82, 2.24) is 4.98 Å². The number of hydrogen-bond donors (Lipinski definition) is 0. The van der Waals surface area contributed by atoms with Crippen LogP contribution in [0, 0.1) is 0 Å². The Hall–Kier alpha value is -0.399. The fourth-order valence-electron chi connectivity index (χ4n) is 2.49. The summed E-state index contributed by atoms with van der Waals surface area (Å²) in [4.78, 5) is 4.11. The van der Waals surface area contributed by atoms with Crippen molar-refractivity contribution in [3.63, 3.8) is 0 Å². The van der Waals surface area contributed by atoms with Crippen molar-refractivity contribution in [3.05, 3.63) is 30.1 Å². The van der Waals surface area contributed by atoms with Gasteiger partial charge in [0.15, 0.2) is 0 Å². The zero-order valence-electron chi connectivity index (χ0n) is 16.6. The molecule has 0 radical (unpaired) electrons. The van der Waals surface area contributed by atoms with Gasteiger partial charge in [-0.25, -0.2) is 0 Å². The van der Waals surface area contributed by atoms with E-state index in [1.54, 1.807) is 6.20 Å². The van der Waals surface area contributed by atoms with Gasteiger partial charge in [-0.1, -0.05) is 6.07 Å². The SMILES string of the molecule is CCOCCO[Si](C)(C)O[Si](C)(C)O[Si](C)(C)OCc1cccnc1. The molecule has 0 saturated heterocycles. The zero-order chi connectivity index (χ0) is 19.0. The summed E-state index contributed by atoms with van der Waals surface area (Å²) in [6.07, 6.45) is 3.57. The van der Waals surface area contributed by atoms with Gasteiger partial charge < -0.3 is 21.8 Å². The van der Waals surface area contributed by atoms with E-state index in [1.165, 1.54) is 0 Å². The van der Waals surface area contributed by atoms with Crippen LogP contribution in [-0.4, -0.2) is 50.5 Å². The van der Waals surface area contributed by atoms with E-state index in [9.17, 15) is 0 Å². The first-order valence-corrected chi connectivity index (χ1v) is 17.2. The standard InChI is InChI=1S/C16H33NO5Si3/c1-8-18-12-13-19-23(2,3)21-25(6,7)22-24(4,5)20-15-16-10-9-11-17-14-16/h9-11,14H,8,12-13,15H2,1-7H3. The van der Waals surface area contributed by atoms with E-state index < -0.39 is 25.7 Å². The van der Waals surface area contributed by atoms with E-state index in [-0.39, 0.29) is 0 Å². The van der Waals surface area contributed by atoms with E-state index in [0.29, 0.717) is 26.4 Å². The summed E-state index contributed by atoms with van der Waals surface area (Å²) >= 11 is 0. The molecule has 0 N–H and O–H groups in total. The third kappa shape index (κ3) is 10.4. The minimum Gasteiger partial charge on any atom is -0.415 e. The van der Waals surface area contributed by atoms with Crippen LogP contribution in [0.2, 0.25) is 39.3 Å². The lowest BCUT2D eigenvalue weighted by atomic mass is 10.3. The van der Waals surface area contributed by atoms with E-state index in [0.717, 1.165) is 5.56 Å². The molecule has 0 aromatic carbocycles. The Balaban J connectivity index is 2.50. The number of aromatic nitrogens is 1. The lowest BCUT2D eigenvalue weighted by molar-refractivity contribution is 0.0964. The molecule has 0 bridgehead atoms. The Morgan fingerprint density at radius 1 is 0.880 bits per heavy atom. The van der Waals surface area contributed by atoms with Gasteiger partial charge in [0, 0.05) is 19.0 Å². The van der Waals surface area contributed by atoms with E-state index in [4.69, 9.17) is 21.8 Å². The van der Waals surface area contributed by atoms with Crippen LogP contribution >= 0.6 is 0 Å². The van der Waals surface area contributed by atoms with E-state index in [2.05, 4.69) is 18.1 Å². The highest BCUT2D eigenvalue weighted by atomic mass is 28.5. The number of pyridine rings is 1. The molecule has 0 atom stereocenters. The van der Waals surface area contributed by atoms with Gasteiger partial charge in [0.2, 0.25) is 0 Å². The molecule has 1 rings (SSSR count). The average Bonchev–Trinajstić information content (AvgIpc) is 2.48. The Kier molecular flexibility index (Phi) is 9.12. The molecule has 25 heavy (non-hydrogen) atoms. The van der Waals surface area contributed by atoms with E-state index in [1.807, 2.05) is 51.4 Å². The van der Waals surface area contributed by atoms with Crippen LogP contribution in [-0.2, 0) is 28.4 Å². The molecule has 0 aliphatic rings. The molecule has 0 saturated carbocycles. The van der Waals surface area contributed by atoms with Crippen LogP contribution in [0.15, 0.2) is 24.5 Å². The highest BCUT2D eigenvalue weighted by Crippen LogP contribution is 2.22. The van der Waals surface area contributed by atoms with Crippen molar-refractivity contribution in [1.29, 1.82) is 0 Å². The molecule has 1 heterocycles. The second kappa shape index (κ2) is 10.1. The highest BCUT2D eigenvalue weighted by molar-refractivity contribution is 6.84. The summed E-state index contributed by atoms with van der Waals surface area (Å²) in [6, 6.07) is 3.91. The summed E-state index contributed by atoms with van der Waals surface area (Å²) in [5, 5.41) is 0. The van der Waals surface area contributed by atoms with Crippen molar-refractivity contribution in [3.8, 4) is 0 Å². The minimum atomic E-state index is -2.36. The smallest absolute Gasteiger partial charge is 0.323 e. The molecule has 0 amide bonds. The molecule has 0 spiro atoms. The zero-order valence-corrected chi connectivity index (χ0v) is 19.6. The van der Waals surface area contributed by atoms with Gasteiger partial charge in [-0.2, -0.15) is 0 Å². The van der Waals surface area contributed by atoms with Crippen LogP contribution in [0.1, 0.15) is 12.5 Å². The molecule has 1 aromatic heterocycles. The number of rotatable bonds is 12. The molecule has 144 valence electrons. The molecule has 1 aromatic rings. The Bertz CT molecular complexity index is 500. The number of nitrogens with zero attached hydrogens (tertiary/aromatic N) is 1. The second-order valence-electron chi connectivity index (χ2n) is 7.10. The fourth-order valence-corrected chi connectivity index (χ4v) is 14.1. The predicted molar refractivity (Wildman–Crippen MR) is 106 cm³/mol. The minimum absolute atomic E-state index is 0.503. The Morgan fingerprint density at radius 3 is 2.08 bits per heavy atom. The molecule has 9 heteroatoms. The number of ether oxygens (including phenoxy) is 1. The average molecular weight is 404 g/mol. The maximum absolute atomic E-state index is 6.35. The van der Waals surface area contributed by atoms with Crippen LogP contribution in [0.25, 0.3) is 0 Å². The summed E-state index contributed by atoms with van der Waals surface area (Å²) in [5.41, 5.74) is 1.04. The first-order chi connectivity index (χ1) is 11.6. The Morgan fingerprint density at radius 2 is 1.52 bits per heavy atom. The molecule has 0 aliphatic carbocycles. The van der Waals surface area contributed by atoms with Gasteiger partial charge in [-0.05, 0) is 57.8 Å². The van der Waals surface area contributed by atoms with E-state index >= 15 is 0 Å². The van der Waals surface area contributed by atoms with Gasteiger partial charge in [0.1, 0.15) is 0 Å². The van der Waals surface area contributed by atoms with Crippen LogP contribution in [0.4, 0.5) is 0 Å². The van der Waals surface area contributed by atoms with Gasteiger partial charge in [0.25, 0.3) is 0 Å². The van der Waals surface area contributed by atoms with Gasteiger partial charge >= 0.3 is 25.7 Å². The lowest BCUT2D eigenvalue weighted by Gasteiger charge is -2.37. The van der Waals surface area contributed by atoms with Crippen molar-refractivity contribution in [2.45, 2.75) is 52.8 Å². The quantitative estimate of drug-likeness (QED) is 0.391. The highest BCUT2D eigenvalue weighted by Gasteiger charge is 2.41. The fraction of sp³-hybridized carbons (Fsp3) is 0.688. The van der Waals surface area contributed by atoms with Crippen molar-refractivity contribution in [2.75, 3.05) is 19.8 Å². The van der Waals surface area contributed by atoms with Gasteiger partial charge in [-0.3, -0.25) is 4.98 Å². The van der Waals surface area contributed by atoms with Crippen LogP contribution < -0.4 is 0 Å². The monoisotopic (exact) mass is 403 g/mol. The third-order valence-corrected chi connectivity index (χ3v) is 12.8. The van der Waals surface area contributed by atoms with Crippen molar-refractivity contribution < 1.29 is 21.8 Å². The topological polar surface area (TPSA) is 59.0 Å². The first-order valence-electron chi connectivity index (χ1n) is 8.70. The summed E-state index contributed by atoms with van der Waals surface area (Å²) in [5.74, 6) is 0. The largest absolute Gasteiger partial charge is 0.415 e. The molecule has 6 nitrogen and oxygen atoms in total. The first kappa shape index (κ1) is 22.6. The van der Waals surface area contributed by atoms with Gasteiger partial charge in [0.05, 0.1) is 19.8 Å². The molecule has 0 fully saturated rings. The third-order valence-electron chi connectivity index (χ3n) is 3.17. The normalized spacial score (nSPS) is 13.2. The summed E-state index contributed by atoms with van der Waals surface area (Å²) in [6.45, 7) is 16.6. The molecule has 0 aliphatic heterocycles. The molecular formula is C16H33NO5Si3. The summed E-state index contributed by atoms with van der Waals surface area (Å²) < 4.78 is 30.0. The lowest BCUT2D eigenvalue weighted by Crippen LogP contribution is -2.54. The Labute approximate surface area is 155 Å². The predicted octanol–water partition coefficient (Wildman–Crippen LogP) is 3.79. The summed E-state index contributed by atoms with van der Waals surface area (Å²) in [7, 11) is -6.94. The molecular weight excluding hydrogens is 370 g/mol. The van der Waals surface area contributed by atoms with Crippen LogP contribution in [0.5, 0.6) is 0 Å². The molecule has 0 unspecified atom stereocenters.